The fourth-order valence-electron chi connectivity index (χ4n) is 12.6. The van der Waals surface area contributed by atoms with E-state index in [1.54, 1.807) is 95.4 Å². The van der Waals surface area contributed by atoms with Gasteiger partial charge in [-0.25, -0.2) is 0 Å². The fourth-order valence-corrected chi connectivity index (χ4v) is 16.7. The zero-order valence-corrected chi connectivity index (χ0v) is 69.5. The van der Waals surface area contributed by atoms with Crippen LogP contribution in [0.2, 0.25) is 25.2 Å². The molecule has 2 radical (unpaired) electrons. The number of carbonyl (C=O) groups excluding carboxylic acids is 14. The summed E-state index contributed by atoms with van der Waals surface area (Å²) < 4.78 is 10.5. The number of aliphatic imine (C=N–C) groups is 1. The number of carbonyl (C=O) groups is 14. The molecule has 6 rings (SSSR count). The minimum absolute atomic E-state index is 0. The lowest BCUT2D eigenvalue weighted by Gasteiger charge is -2.38. The first-order valence-corrected chi connectivity index (χ1v) is 44.4. The number of nitrogens with zero attached hydrogens (tertiary/aromatic N) is 4. The van der Waals surface area contributed by atoms with Crippen LogP contribution in [0.1, 0.15) is 115 Å². The second-order valence-corrected chi connectivity index (χ2v) is 35.4. The minimum Gasteiger partial charge on any atom is -0.508 e. The van der Waals surface area contributed by atoms with E-state index < -0.39 is 188 Å². The Morgan fingerprint density at radius 3 is 2.01 bits per heavy atom. The molecule has 3 heterocycles. The van der Waals surface area contributed by atoms with E-state index in [2.05, 4.69) is 59.5 Å². The van der Waals surface area contributed by atoms with Crippen LogP contribution in [0.3, 0.4) is 0 Å². The number of fused-ring (bicyclic) bond motifs is 2. The SMILES string of the molecule is CCC(C)C1NC(=O)[C@H](Cc2ccc(O)cc2)NC(=O)C(NC(=O)CN=C2C(=NN)C3C=CC=CC3N(C(=O)CCC(=O)NCCC[Si](C)OC)Cc3ccccc32)CSSCC(C(=O)N2CCCC2C(=O)NC(CC(C)C)C(=O)NCC(N)=O)NC(=O)[C@H](CC(N)=O)NC(=O)[C@H](CCC(N)=O)NC1=O.CO[Si](C)CCCN.O. The van der Waals surface area contributed by atoms with Gasteiger partial charge < -0.3 is 106 Å². The first-order valence-electron chi connectivity index (χ1n) is 37.6. The number of rotatable bonds is 32. The van der Waals surface area contributed by atoms with E-state index in [4.69, 9.17) is 42.6 Å². The number of phenols is 1. The molecule has 40 heteroatoms. The van der Waals surface area contributed by atoms with E-state index in [9.17, 15) is 62.6 Å². The van der Waals surface area contributed by atoms with Crippen molar-refractivity contribution in [3.63, 3.8) is 0 Å². The highest BCUT2D eigenvalue weighted by Gasteiger charge is 2.43. The number of likely N-dealkylation sites (tertiary alicyclic amines) is 1. The molecule has 0 bridgehead atoms. The maximum absolute atomic E-state index is 15.2. The summed E-state index contributed by atoms with van der Waals surface area (Å²) in [5.41, 5.74) is 23.6. The highest BCUT2D eigenvalue weighted by molar-refractivity contribution is 8.76. The van der Waals surface area contributed by atoms with Gasteiger partial charge in [-0.15, -0.1) is 0 Å². The summed E-state index contributed by atoms with van der Waals surface area (Å²) in [5.74, 6) is -7.90. The highest BCUT2D eigenvalue weighted by atomic mass is 33.1. The first kappa shape index (κ1) is 96.8. The summed E-state index contributed by atoms with van der Waals surface area (Å²) in [5, 5.41) is 38.2. The van der Waals surface area contributed by atoms with Gasteiger partial charge in [0, 0.05) is 82.5 Å². The molecule has 11 atom stereocenters. The Hall–Kier alpha value is -9.59. The molecule has 2 aromatic rings. The quantitative estimate of drug-likeness (QED) is 0.0126. The summed E-state index contributed by atoms with van der Waals surface area (Å²) in [4.78, 5) is 203. The number of benzene rings is 2. The van der Waals surface area contributed by atoms with E-state index in [-0.39, 0.29) is 110 Å². The van der Waals surface area contributed by atoms with Crippen molar-refractivity contribution >= 4 is 134 Å². The standard InChI is InChI=1S/C69H98N17O16S2Si.C5H14NOSi.H2O/c1-7-39(4)59-68(100)78-45(23-24-53(70)88)63(95)80-48(32-54(71)89)64(96)82-50(69(101)85-28-12-18-52(85)67(99)81-46(30-38(2)3)62(94)76-33-55(72)90)37-104-103-36-49(66(98)79-47(65(97)83-59)31-40-19-21-42(87)22-20-40)77-57(92)34-75-60-43-15-9-8-14-41(43)35-86(51-17-11-10-16-44(51)61(60)84-73)58(93)26-25-56(91)74-27-13-29-105(6)102-5;1-7-8(2)5-3-4-6;/h8-11,14-17,19-22,38-39,44-52,59,87H,7,12-13,18,23-37,73H2,1-6H3,(H2,70,88)(H2,71,89)(H2,72,90)(H,74,91)(H,76,94)(H,77,92)(H,78,100)(H,79,98)(H,80,95)(H,81,99)(H,82,96)(H,83,97);3-6H2,1-2H3;1H2/t39?,44?,45-,46?,47-,48-,49?,50?,51?,52?,59?;;/m0../s1. The highest BCUT2D eigenvalue weighted by Crippen LogP contribution is 2.31. The lowest BCUT2D eigenvalue weighted by molar-refractivity contribution is -0.142. The average molecular weight is 1660 g/mol. The van der Waals surface area contributed by atoms with Crippen LogP contribution in [0.25, 0.3) is 0 Å². The van der Waals surface area contributed by atoms with E-state index in [1.807, 2.05) is 6.55 Å². The van der Waals surface area contributed by atoms with Gasteiger partial charge >= 0.3 is 0 Å². The summed E-state index contributed by atoms with van der Waals surface area (Å²) in [6.07, 6.45) is 7.35. The van der Waals surface area contributed by atoms with Gasteiger partial charge in [-0.1, -0.05) is 116 Å². The molecule has 0 spiro atoms. The molecule has 2 saturated heterocycles. The Morgan fingerprint density at radius 2 is 1.37 bits per heavy atom. The number of primary amides is 3. The molecule has 14 amide bonds. The second-order valence-electron chi connectivity index (χ2n) is 28.2. The molecule has 2 aromatic carbocycles. The lowest BCUT2D eigenvalue weighted by atomic mass is 9.82. The van der Waals surface area contributed by atoms with Crippen LogP contribution in [-0.4, -0.2) is 245 Å². The molecular weight excluding hydrogens is 1550 g/mol. The molecule has 114 heavy (non-hydrogen) atoms. The third-order valence-electron chi connectivity index (χ3n) is 19.1. The van der Waals surface area contributed by atoms with Gasteiger partial charge in [0.05, 0.1) is 30.4 Å². The maximum atomic E-state index is 15.2. The summed E-state index contributed by atoms with van der Waals surface area (Å²) in [6, 6.07) is 1.79. The van der Waals surface area contributed by atoms with Gasteiger partial charge in [0.15, 0.2) is 0 Å². The Morgan fingerprint density at radius 1 is 0.728 bits per heavy atom. The van der Waals surface area contributed by atoms with E-state index in [1.165, 1.54) is 35.2 Å². The third kappa shape index (κ3) is 31.7. The lowest BCUT2D eigenvalue weighted by Crippen LogP contribution is -2.62. The van der Waals surface area contributed by atoms with E-state index >= 15 is 9.59 Å². The molecule has 628 valence electrons. The third-order valence-corrected chi connectivity index (χ3v) is 25.0. The normalized spacial score (nSPS) is 22.2. The number of allylic oxidation sites excluding steroid dienone is 2. The average Bonchev–Trinajstić information content (AvgIpc) is 0.874. The number of nitrogens with one attached hydrogen (secondary N) is 9. The molecule has 0 aromatic heterocycles. The largest absolute Gasteiger partial charge is 0.508 e. The van der Waals surface area contributed by atoms with Crippen molar-refractivity contribution in [3.05, 3.63) is 89.5 Å². The maximum Gasteiger partial charge on any atom is 0.246 e. The van der Waals surface area contributed by atoms with Gasteiger partial charge in [-0.2, -0.15) is 5.10 Å². The van der Waals surface area contributed by atoms with Crippen molar-refractivity contribution in [1.82, 2.24) is 57.7 Å². The smallest absolute Gasteiger partial charge is 0.246 e. The molecule has 3 aliphatic heterocycles. The molecule has 22 N–H and O–H groups in total. The van der Waals surface area contributed by atoms with Gasteiger partial charge in [0.1, 0.15) is 60.6 Å². The number of nitrogens with two attached hydrogens (primary N) is 5. The Balaban J connectivity index is 0.00000288. The molecule has 1 aliphatic carbocycles. The predicted octanol–water partition coefficient (Wildman–Crippen LogP) is -1.86. The number of hydrogen-bond donors (Lipinski definition) is 15. The monoisotopic (exact) mass is 1660 g/mol. The van der Waals surface area contributed by atoms with Crippen molar-refractivity contribution in [2.24, 2.45) is 56.6 Å². The Kier molecular flexibility index (Phi) is 42.4. The van der Waals surface area contributed by atoms with Crippen molar-refractivity contribution in [1.29, 1.82) is 0 Å². The minimum atomic E-state index is -1.87. The number of amides is 14. The predicted molar refractivity (Wildman–Crippen MR) is 435 cm³/mol. The van der Waals surface area contributed by atoms with Gasteiger partial charge in [-0.3, -0.25) is 72.1 Å². The Labute approximate surface area is 675 Å². The number of hydrogen-bond acceptors (Lipinski definition) is 23. The van der Waals surface area contributed by atoms with Crippen LogP contribution >= 0.6 is 21.6 Å². The molecule has 0 saturated carbocycles. The van der Waals surface area contributed by atoms with Gasteiger partial charge in [0.2, 0.25) is 101 Å². The first-order chi connectivity index (χ1) is 53.8. The van der Waals surface area contributed by atoms with Crippen molar-refractivity contribution in [3.8, 4) is 5.75 Å². The van der Waals surface area contributed by atoms with Crippen LogP contribution < -0.4 is 76.6 Å². The molecule has 8 unspecified atom stereocenters. The van der Waals surface area contributed by atoms with Crippen LogP contribution in [0, 0.1) is 17.8 Å². The van der Waals surface area contributed by atoms with Crippen molar-refractivity contribution in [2.45, 2.75) is 191 Å². The molecule has 2 fully saturated rings. The summed E-state index contributed by atoms with van der Waals surface area (Å²) >= 11 is 0. The summed E-state index contributed by atoms with van der Waals surface area (Å²) in [6.45, 7) is 11.1. The second kappa shape index (κ2) is 49.9. The van der Waals surface area contributed by atoms with Crippen LogP contribution in [0.4, 0.5) is 0 Å². The van der Waals surface area contributed by atoms with Gasteiger partial charge in [0.25, 0.3) is 0 Å². The Bertz CT molecular complexity index is 3770. The van der Waals surface area contributed by atoms with E-state index in [0.717, 1.165) is 47.0 Å². The zero-order chi connectivity index (χ0) is 83.4. The van der Waals surface area contributed by atoms with Crippen LogP contribution in [0.5, 0.6) is 5.75 Å². The van der Waals surface area contributed by atoms with Crippen molar-refractivity contribution < 1.29 is 86.6 Å². The number of hydrazone groups is 1. The molecule has 36 nitrogen and oxygen atoms in total. The molecule has 4 aliphatic rings. The van der Waals surface area contributed by atoms with Crippen LogP contribution in [-0.2, 0) is 88.9 Å². The fraction of sp³-hybridized carbons (Fsp3) is 0.568. The van der Waals surface area contributed by atoms with Gasteiger partial charge in [-0.05, 0) is 105 Å². The zero-order valence-electron chi connectivity index (χ0n) is 65.9. The number of phenolic OH excluding ortho intramolecular Hbond substituents is 1. The molecular formula is C74H114N18O18S2Si2. The van der Waals surface area contributed by atoms with E-state index in [0.29, 0.717) is 23.2 Å². The topological polar surface area (TPSA) is 579 Å². The number of aromatic hydroxyl groups is 1. The summed E-state index contributed by atoms with van der Waals surface area (Å²) in [7, 11) is 3.81. The van der Waals surface area contributed by atoms with Crippen LogP contribution in [0.15, 0.2) is 82.9 Å². The van der Waals surface area contributed by atoms with Crippen molar-refractivity contribution in [2.75, 3.05) is 58.4 Å².